The van der Waals surface area contributed by atoms with Gasteiger partial charge in [-0.05, 0) is 48.9 Å². The second-order valence-electron chi connectivity index (χ2n) is 25.7. The van der Waals surface area contributed by atoms with Crippen LogP contribution in [0.4, 0.5) is 8.78 Å². The van der Waals surface area contributed by atoms with Crippen LogP contribution in [0.1, 0.15) is 358 Å². The molecule has 5 aromatic rings. The summed E-state index contributed by atoms with van der Waals surface area (Å²) in [6, 6.07) is 8.71. The molecular weight excluding hydrogens is 1020 g/mol. The lowest BCUT2D eigenvalue weighted by atomic mass is 9.68. The summed E-state index contributed by atoms with van der Waals surface area (Å²) in [6.07, 6.45) is 58.8. The van der Waals surface area contributed by atoms with Crippen molar-refractivity contribution in [3.05, 3.63) is 58.2 Å². The Morgan fingerprint density at radius 1 is 0.287 bits per heavy atom. The second kappa shape index (κ2) is 36.1. The molecule has 4 nitrogen and oxygen atoms in total. The summed E-state index contributed by atoms with van der Waals surface area (Å²) >= 11 is 2.42. The number of nitrogens with zero attached hydrogens (tertiary/aromatic N) is 4. The Balaban J connectivity index is 1.23. The van der Waals surface area contributed by atoms with Gasteiger partial charge in [0, 0.05) is 44.2 Å². The summed E-state index contributed by atoms with van der Waals surface area (Å²) in [7, 11) is 0. The van der Waals surface area contributed by atoms with Gasteiger partial charge in [-0.1, -0.05) is 322 Å². The molecule has 2 aromatic heterocycles. The van der Waals surface area contributed by atoms with Gasteiger partial charge in [0.15, 0.2) is 0 Å². The lowest BCUT2D eigenvalue weighted by molar-refractivity contribution is 0.374. The molecule has 0 spiro atoms. The smallest absolute Gasteiger partial charge is 0.136 e. The van der Waals surface area contributed by atoms with Crippen molar-refractivity contribution in [2.24, 2.45) is 0 Å². The number of rotatable bonds is 48. The van der Waals surface area contributed by atoms with Gasteiger partial charge in [-0.25, -0.2) is 8.78 Å². The number of unbranched alkanes of at least 4 members (excludes halogenated alkanes) is 40. The Hall–Kier alpha value is -2.84. The minimum Gasteiger partial charge on any atom is -0.206 e. The zero-order valence-corrected chi connectivity index (χ0v) is 53.2. The number of halogens is 2. The molecular formula is C72H112F2N4S2. The van der Waals surface area contributed by atoms with E-state index in [0.29, 0.717) is 22.3 Å². The lowest BCUT2D eigenvalue weighted by Gasteiger charge is -2.35. The van der Waals surface area contributed by atoms with Gasteiger partial charge in [-0.3, -0.25) is 0 Å². The Kier molecular flexibility index (Phi) is 29.2. The molecule has 2 aliphatic carbocycles. The maximum atomic E-state index is 19.6. The molecule has 0 fully saturated rings. The molecule has 0 radical (unpaired) electrons. The van der Waals surface area contributed by atoms with Crippen molar-refractivity contribution in [2.75, 3.05) is 0 Å². The zero-order chi connectivity index (χ0) is 56.1. The van der Waals surface area contributed by atoms with E-state index >= 15 is 8.78 Å². The highest BCUT2D eigenvalue weighted by Crippen LogP contribution is 2.65. The molecule has 2 aliphatic rings. The van der Waals surface area contributed by atoms with E-state index < -0.39 is 10.8 Å². The van der Waals surface area contributed by atoms with Gasteiger partial charge in [0.1, 0.15) is 33.7 Å². The molecule has 7 rings (SSSR count). The molecule has 0 atom stereocenters. The first-order chi connectivity index (χ1) is 39.5. The molecule has 8 heteroatoms. The molecule has 446 valence electrons. The van der Waals surface area contributed by atoms with Gasteiger partial charge < -0.3 is 0 Å². The van der Waals surface area contributed by atoms with Crippen LogP contribution in [0.15, 0.2) is 24.3 Å². The maximum Gasteiger partial charge on any atom is 0.136 e. The van der Waals surface area contributed by atoms with Crippen molar-refractivity contribution >= 4 is 45.5 Å². The van der Waals surface area contributed by atoms with Crippen LogP contribution in [0.3, 0.4) is 0 Å². The van der Waals surface area contributed by atoms with E-state index in [1.807, 2.05) is 0 Å². The summed E-state index contributed by atoms with van der Waals surface area (Å²) in [5.74, 6) is -0.367. The predicted octanol–water partition coefficient (Wildman–Crippen LogP) is 25.3. The average Bonchev–Trinajstić information content (AvgIpc) is 4.44. The summed E-state index contributed by atoms with van der Waals surface area (Å²) in [4.78, 5) is 0. The van der Waals surface area contributed by atoms with Crippen LogP contribution in [0.5, 0.6) is 0 Å². The standard InChI is InChI=1S/C72H112F2N4S2/c1-5-9-13-17-21-25-29-33-37-41-45-53-71(54-46-42-38-34-30-26-22-18-14-10-6-2)57-49-51-59-69(77-79-75-59)61(57)63-65(71)67(73)64-62-58(50-52-60-70(62)78-80-76-60)72(66(64)68(63)74,55-47-43-39-35-31-27-23-19-15-11-7-3)56-48-44-40-36-32-28-24-20-16-12-8-4/h49-52H,5-48,53-56H2,1-4H3. The fourth-order valence-electron chi connectivity index (χ4n) is 15.0. The minimum atomic E-state index is -0.660. The first-order valence-electron chi connectivity index (χ1n) is 34.6. The van der Waals surface area contributed by atoms with Crippen molar-refractivity contribution in [1.29, 1.82) is 0 Å². The van der Waals surface area contributed by atoms with Crippen LogP contribution in [0.25, 0.3) is 44.3 Å². The fourth-order valence-corrected chi connectivity index (χ4v) is 16.1. The highest BCUT2D eigenvalue weighted by Gasteiger charge is 2.54. The quantitative estimate of drug-likeness (QED) is 0.0364. The molecule has 0 aliphatic heterocycles. The van der Waals surface area contributed by atoms with Crippen LogP contribution in [-0.4, -0.2) is 17.5 Å². The summed E-state index contributed by atoms with van der Waals surface area (Å²) in [5.41, 5.74) is 7.95. The molecule has 80 heavy (non-hydrogen) atoms. The van der Waals surface area contributed by atoms with Crippen molar-refractivity contribution in [3.63, 3.8) is 0 Å². The van der Waals surface area contributed by atoms with Gasteiger partial charge >= 0.3 is 0 Å². The van der Waals surface area contributed by atoms with Crippen LogP contribution >= 0.6 is 23.5 Å². The topological polar surface area (TPSA) is 51.6 Å². The number of fused-ring (bicyclic) bond motifs is 10. The third-order valence-corrected chi connectivity index (χ3v) is 20.6. The van der Waals surface area contributed by atoms with Crippen LogP contribution in [0, 0.1) is 11.6 Å². The molecule has 0 unspecified atom stereocenters. The Morgan fingerprint density at radius 3 is 0.750 bits per heavy atom. The van der Waals surface area contributed by atoms with E-state index in [1.165, 1.54) is 255 Å². The largest absolute Gasteiger partial charge is 0.206 e. The van der Waals surface area contributed by atoms with E-state index in [0.717, 1.165) is 121 Å². The summed E-state index contributed by atoms with van der Waals surface area (Å²) < 4.78 is 58.8. The normalized spacial score (nSPS) is 14.0. The Morgan fingerprint density at radius 2 is 0.512 bits per heavy atom. The first kappa shape index (κ1) is 64.7. The van der Waals surface area contributed by atoms with E-state index in [4.69, 9.17) is 17.5 Å². The third kappa shape index (κ3) is 17.2. The predicted molar refractivity (Wildman–Crippen MR) is 345 cm³/mol. The molecule has 0 saturated heterocycles. The number of aromatic nitrogens is 4. The SMILES string of the molecule is CCCCCCCCCCCCCC1(CCCCCCCCCCCCC)c2ccc3nsnc3c2-c2c(F)c3c(c(F)c21)-c1c(ccc2nsnc12)C3(CCCCCCCCCCCCC)CCCCCCCCCCCCC. The van der Waals surface area contributed by atoms with Crippen molar-refractivity contribution in [3.8, 4) is 22.3 Å². The molecule has 0 bridgehead atoms. The van der Waals surface area contributed by atoms with E-state index in [2.05, 4.69) is 52.0 Å². The van der Waals surface area contributed by atoms with Gasteiger partial charge in [0.25, 0.3) is 0 Å². The summed E-state index contributed by atoms with van der Waals surface area (Å²) in [5, 5.41) is 0. The van der Waals surface area contributed by atoms with E-state index in [1.54, 1.807) is 0 Å². The molecule has 0 saturated carbocycles. The fraction of sp³-hybridized carbons (Fsp3) is 0.750. The lowest BCUT2D eigenvalue weighted by Crippen LogP contribution is -2.29. The van der Waals surface area contributed by atoms with Crippen molar-refractivity contribution in [1.82, 2.24) is 17.5 Å². The first-order valence-corrected chi connectivity index (χ1v) is 36.0. The van der Waals surface area contributed by atoms with Crippen LogP contribution in [0.2, 0.25) is 0 Å². The minimum absolute atomic E-state index is 0.184. The van der Waals surface area contributed by atoms with Gasteiger partial charge in [-0.15, -0.1) is 0 Å². The monoisotopic (exact) mass is 1130 g/mol. The number of hydrogen-bond donors (Lipinski definition) is 0. The van der Waals surface area contributed by atoms with Crippen LogP contribution < -0.4 is 0 Å². The third-order valence-electron chi connectivity index (χ3n) is 19.6. The second-order valence-corrected chi connectivity index (χ2v) is 26.7. The highest BCUT2D eigenvalue weighted by atomic mass is 32.1. The molecule has 3 aromatic carbocycles. The van der Waals surface area contributed by atoms with Gasteiger partial charge in [0.2, 0.25) is 0 Å². The van der Waals surface area contributed by atoms with E-state index in [-0.39, 0.29) is 11.6 Å². The van der Waals surface area contributed by atoms with E-state index in [9.17, 15) is 0 Å². The number of benzene rings is 3. The Bertz CT molecular complexity index is 2280. The maximum absolute atomic E-state index is 19.6. The zero-order valence-electron chi connectivity index (χ0n) is 51.6. The molecule has 2 heterocycles. The molecule has 0 N–H and O–H groups in total. The van der Waals surface area contributed by atoms with Crippen LogP contribution in [-0.2, 0) is 10.8 Å². The highest BCUT2D eigenvalue weighted by molar-refractivity contribution is 7.00. The van der Waals surface area contributed by atoms with Crippen molar-refractivity contribution < 1.29 is 8.78 Å². The van der Waals surface area contributed by atoms with Crippen molar-refractivity contribution in [2.45, 2.75) is 347 Å². The average molecular weight is 1140 g/mol. The van der Waals surface area contributed by atoms with Gasteiger partial charge in [0.05, 0.1) is 23.5 Å². The molecule has 0 amide bonds. The Labute approximate surface area is 496 Å². The summed E-state index contributed by atoms with van der Waals surface area (Å²) in [6.45, 7) is 9.17. The number of hydrogen-bond acceptors (Lipinski definition) is 6. The van der Waals surface area contributed by atoms with Gasteiger partial charge in [-0.2, -0.15) is 17.5 Å².